The van der Waals surface area contributed by atoms with Crippen molar-refractivity contribution in [2.24, 2.45) is 11.8 Å². The molecule has 0 aliphatic heterocycles. The molecule has 102 heavy (non-hydrogen) atoms. The molecule has 484 valence electrons. The van der Waals surface area contributed by atoms with E-state index in [-0.39, 0.29) is 11.8 Å². The van der Waals surface area contributed by atoms with E-state index in [4.69, 9.17) is 0 Å². The van der Waals surface area contributed by atoms with Gasteiger partial charge in [0.2, 0.25) is 0 Å². The lowest BCUT2D eigenvalue weighted by Gasteiger charge is -2.42. The van der Waals surface area contributed by atoms with Crippen LogP contribution in [0.2, 0.25) is 0 Å². The maximum atomic E-state index is 2.57. The van der Waals surface area contributed by atoms with Gasteiger partial charge in [-0.1, -0.05) is 306 Å². The fraction of sp³-hybridized carbons (Fsp3) is 0.0800. The third-order valence-corrected chi connectivity index (χ3v) is 22.7. The molecular weight excluding hydrogens is 1230 g/mol. The number of hydrogen-bond acceptors (Lipinski definition) is 2. The molecule has 2 nitrogen and oxygen atoms in total. The van der Waals surface area contributed by atoms with Gasteiger partial charge in [-0.25, -0.2) is 0 Å². The second-order valence-electron chi connectivity index (χ2n) is 28.4. The van der Waals surface area contributed by atoms with Gasteiger partial charge in [0.15, 0.2) is 0 Å². The molecule has 0 saturated heterocycles. The van der Waals surface area contributed by atoms with Crippen LogP contribution in [0.5, 0.6) is 0 Å². The molecule has 0 radical (unpaired) electrons. The van der Waals surface area contributed by atoms with Crippen molar-refractivity contribution in [3.8, 4) is 44.5 Å². The summed E-state index contributed by atoms with van der Waals surface area (Å²) in [6, 6.07) is 129. The molecule has 0 heterocycles. The van der Waals surface area contributed by atoms with E-state index in [0.29, 0.717) is 11.8 Å². The Kier molecular flexibility index (Phi) is 14.8. The van der Waals surface area contributed by atoms with Gasteiger partial charge in [0.1, 0.15) is 0 Å². The van der Waals surface area contributed by atoms with Gasteiger partial charge in [0.25, 0.3) is 0 Å². The SMILES string of the molecule is CC1C=C(c2ccc(-c3ccc(N(c4ccc5c(ccc6ccccc65)c4)c4ccc5c(ccc6ccccc65)c4)cc3)cc2)C(C)C2=C1C(C)c1ccc3cc(-c4ccc(N(c5ccc(-c6ccccc6)cc5)c5ccc(-c6ccc7c(ccc8ccccc87)c6)cc5)cc4)ccc3c1C2C. The molecule has 2 heteroatoms. The average molecular weight is 1300 g/mol. The zero-order valence-corrected chi connectivity index (χ0v) is 57.7. The molecule has 4 unspecified atom stereocenters. The molecule has 0 spiro atoms. The Morgan fingerprint density at radius 1 is 0.206 bits per heavy atom. The molecule has 0 saturated carbocycles. The van der Waals surface area contributed by atoms with E-state index in [2.05, 4.69) is 389 Å². The van der Waals surface area contributed by atoms with Gasteiger partial charge in [0.05, 0.1) is 0 Å². The smallest absolute Gasteiger partial charge is 0.0468 e. The Morgan fingerprint density at radius 2 is 0.520 bits per heavy atom. The number of anilines is 6. The van der Waals surface area contributed by atoms with Gasteiger partial charge >= 0.3 is 0 Å². The van der Waals surface area contributed by atoms with E-state index in [0.717, 1.165) is 34.1 Å². The number of fused-ring (bicyclic) bond motifs is 12. The Bertz CT molecular complexity index is 6100. The van der Waals surface area contributed by atoms with E-state index in [1.165, 1.54) is 142 Å². The number of allylic oxidation sites excluding steroid dienone is 4. The molecule has 0 bridgehead atoms. The Labute approximate surface area is 596 Å². The van der Waals surface area contributed by atoms with Crippen molar-refractivity contribution in [1.82, 2.24) is 0 Å². The van der Waals surface area contributed by atoms with Crippen LogP contribution in [0, 0.1) is 11.8 Å². The molecule has 0 amide bonds. The van der Waals surface area contributed by atoms with E-state index in [1.807, 2.05) is 0 Å². The maximum Gasteiger partial charge on any atom is 0.0468 e. The molecule has 4 atom stereocenters. The summed E-state index contributed by atoms with van der Waals surface area (Å²) in [5, 5.41) is 17.7. The van der Waals surface area contributed by atoms with Crippen LogP contribution in [-0.4, -0.2) is 0 Å². The first-order chi connectivity index (χ1) is 50.2. The van der Waals surface area contributed by atoms with Crippen molar-refractivity contribution in [3.05, 3.63) is 380 Å². The van der Waals surface area contributed by atoms with Crippen LogP contribution in [0.4, 0.5) is 34.1 Å². The molecule has 2 aliphatic carbocycles. The van der Waals surface area contributed by atoms with Crippen molar-refractivity contribution < 1.29 is 0 Å². The highest BCUT2D eigenvalue weighted by molar-refractivity contribution is 6.11. The summed E-state index contributed by atoms with van der Waals surface area (Å²) >= 11 is 0. The largest absolute Gasteiger partial charge is 0.311 e. The third-order valence-electron chi connectivity index (χ3n) is 22.7. The number of hydrogen-bond donors (Lipinski definition) is 0. The van der Waals surface area contributed by atoms with Crippen molar-refractivity contribution >= 4 is 115 Å². The van der Waals surface area contributed by atoms with E-state index >= 15 is 0 Å². The first kappa shape index (κ1) is 60.8. The standard InChI is InChI=1S/C100H74N2/c1-63-58-97(76-24-22-68(23-25-76)70-34-45-86(46-35-70)102(87-51-56-94-81(61-87)30-27-74-17-9-12-20-91(74)94)88-52-57-95-82(62-88)31-28-75-18-10-13-21-92(75)95)65(3)99-66(4)100-89(64(2)98(63)99)53-42-80-60-78(41-55-96(80)100)72-38-49-85(50-39-72)101(83-43-32-69(33-44-83)67-14-6-5-7-15-67)84-47-36-71(37-48-84)77-40-54-93-79(59-77)29-26-73-16-8-11-19-90(73)93/h5-66H,1-4H3. The molecule has 19 rings (SSSR count). The lowest BCUT2D eigenvalue weighted by Crippen LogP contribution is -2.27. The minimum Gasteiger partial charge on any atom is -0.311 e. The molecular formula is C100H74N2. The van der Waals surface area contributed by atoms with Crippen LogP contribution in [-0.2, 0) is 0 Å². The highest BCUT2D eigenvalue weighted by Crippen LogP contribution is 2.55. The van der Waals surface area contributed by atoms with Crippen LogP contribution < -0.4 is 9.80 Å². The minimum absolute atomic E-state index is 0.262. The van der Waals surface area contributed by atoms with Gasteiger partial charge in [-0.2, -0.15) is 0 Å². The summed E-state index contributed by atoms with van der Waals surface area (Å²) in [4.78, 5) is 4.80. The topological polar surface area (TPSA) is 6.48 Å². The van der Waals surface area contributed by atoms with Crippen molar-refractivity contribution in [3.63, 3.8) is 0 Å². The highest BCUT2D eigenvalue weighted by atomic mass is 15.1. The summed E-state index contributed by atoms with van der Waals surface area (Å²) in [6.07, 6.45) is 2.57. The Hall–Kier alpha value is -12.4. The Balaban J connectivity index is 0.589. The zero-order chi connectivity index (χ0) is 68.1. The Morgan fingerprint density at radius 3 is 0.990 bits per heavy atom. The second kappa shape index (κ2) is 24.8. The van der Waals surface area contributed by atoms with Crippen molar-refractivity contribution in [1.29, 1.82) is 0 Å². The molecule has 0 fully saturated rings. The van der Waals surface area contributed by atoms with Gasteiger partial charge in [-0.05, 0) is 233 Å². The first-order valence-electron chi connectivity index (χ1n) is 36.1. The molecule has 0 N–H and O–H groups in total. The number of nitrogens with zero attached hydrogens (tertiary/aromatic N) is 2. The predicted molar refractivity (Wildman–Crippen MR) is 437 cm³/mol. The zero-order valence-electron chi connectivity index (χ0n) is 57.7. The lowest BCUT2D eigenvalue weighted by molar-refractivity contribution is 0.599. The van der Waals surface area contributed by atoms with E-state index in [9.17, 15) is 0 Å². The fourth-order valence-electron chi connectivity index (χ4n) is 17.6. The maximum absolute atomic E-state index is 2.57. The van der Waals surface area contributed by atoms with Crippen LogP contribution in [0.1, 0.15) is 56.2 Å². The summed E-state index contributed by atoms with van der Waals surface area (Å²) in [7, 11) is 0. The van der Waals surface area contributed by atoms with Gasteiger partial charge in [-0.15, -0.1) is 0 Å². The van der Waals surface area contributed by atoms with Gasteiger partial charge < -0.3 is 9.80 Å². The van der Waals surface area contributed by atoms with Crippen LogP contribution in [0.25, 0.3) is 125 Å². The second-order valence-corrected chi connectivity index (χ2v) is 28.4. The predicted octanol–water partition coefficient (Wildman–Crippen LogP) is 28.3. The normalized spacial score (nSPS) is 15.9. The molecule has 0 aromatic heterocycles. The van der Waals surface area contributed by atoms with Crippen molar-refractivity contribution in [2.45, 2.75) is 39.5 Å². The highest BCUT2D eigenvalue weighted by Gasteiger charge is 2.39. The molecule has 2 aliphatic rings. The van der Waals surface area contributed by atoms with Crippen LogP contribution in [0.3, 0.4) is 0 Å². The summed E-state index contributed by atoms with van der Waals surface area (Å²) in [5.74, 6) is 1.16. The van der Waals surface area contributed by atoms with E-state index < -0.39 is 0 Å². The van der Waals surface area contributed by atoms with Crippen LogP contribution >= 0.6 is 0 Å². The number of benzene rings is 17. The minimum atomic E-state index is 0.262. The summed E-state index contributed by atoms with van der Waals surface area (Å²) in [5.41, 5.74) is 25.1. The molecule has 17 aromatic rings. The molecule has 17 aromatic carbocycles. The van der Waals surface area contributed by atoms with Crippen LogP contribution in [0.15, 0.2) is 363 Å². The summed E-state index contributed by atoms with van der Waals surface area (Å²) in [6.45, 7) is 9.83. The lowest BCUT2D eigenvalue weighted by atomic mass is 9.62. The number of rotatable bonds is 11. The third kappa shape index (κ3) is 10.5. The quantitative estimate of drug-likeness (QED) is 0.0941. The van der Waals surface area contributed by atoms with Gasteiger partial charge in [-0.3, -0.25) is 0 Å². The monoisotopic (exact) mass is 1300 g/mol. The van der Waals surface area contributed by atoms with E-state index in [1.54, 1.807) is 11.1 Å². The van der Waals surface area contributed by atoms with Gasteiger partial charge in [0, 0.05) is 51.9 Å². The average Bonchev–Trinajstić information content (AvgIpc) is 0.724. The summed E-state index contributed by atoms with van der Waals surface area (Å²) < 4.78 is 0. The fourth-order valence-corrected chi connectivity index (χ4v) is 17.6. The van der Waals surface area contributed by atoms with Crippen molar-refractivity contribution in [2.75, 3.05) is 9.80 Å². The first-order valence-corrected chi connectivity index (χ1v) is 36.1.